The number of carbonyl (C=O) groups is 3. The summed E-state index contributed by atoms with van der Waals surface area (Å²) in [5, 5.41) is 17.6. The summed E-state index contributed by atoms with van der Waals surface area (Å²) in [7, 11) is 0. The molecule has 0 bridgehead atoms. The first-order valence-electron chi connectivity index (χ1n) is 9.54. The first-order valence-corrected chi connectivity index (χ1v) is 9.92. The zero-order chi connectivity index (χ0) is 21.4. The summed E-state index contributed by atoms with van der Waals surface area (Å²) >= 11 is 6.09. The van der Waals surface area contributed by atoms with E-state index in [4.69, 9.17) is 11.6 Å². The van der Waals surface area contributed by atoms with Crippen LogP contribution in [0.3, 0.4) is 0 Å². The number of imide groups is 1. The number of aryl methyl sites for hydroxylation is 1. The van der Waals surface area contributed by atoms with Crippen LogP contribution in [-0.2, 0) is 16.1 Å². The second-order valence-corrected chi connectivity index (χ2v) is 7.80. The Bertz CT molecular complexity index is 1180. The quantitative estimate of drug-likeness (QED) is 0.559. The number of aromatic hydroxyl groups is 1. The number of nitrogens with one attached hydrogen (secondary N) is 2. The molecule has 1 fully saturated rings. The summed E-state index contributed by atoms with van der Waals surface area (Å²) in [6.45, 7) is 2.17. The third kappa shape index (κ3) is 3.76. The highest BCUT2D eigenvalue weighted by molar-refractivity contribution is 6.31. The van der Waals surface area contributed by atoms with E-state index in [0.717, 1.165) is 16.5 Å². The maximum absolute atomic E-state index is 12.4. The monoisotopic (exact) mass is 425 g/mol. The van der Waals surface area contributed by atoms with Crippen LogP contribution in [-0.4, -0.2) is 27.4 Å². The number of piperidine rings is 1. The molecular weight excluding hydrogens is 406 g/mol. The molecule has 1 aromatic heterocycles. The molecule has 1 saturated heterocycles. The normalized spacial score (nSPS) is 16.5. The molecule has 7 nitrogen and oxygen atoms in total. The smallest absolute Gasteiger partial charge is 0.251 e. The number of hydrogen-bond acceptors (Lipinski definition) is 4. The molecular formula is C22H20ClN3O4. The van der Waals surface area contributed by atoms with Gasteiger partial charge in [-0.3, -0.25) is 19.7 Å². The molecule has 0 spiro atoms. The van der Waals surface area contributed by atoms with Crippen LogP contribution in [0, 0.1) is 6.92 Å². The molecule has 30 heavy (non-hydrogen) atoms. The van der Waals surface area contributed by atoms with Gasteiger partial charge in [0, 0.05) is 40.5 Å². The highest BCUT2D eigenvalue weighted by Gasteiger charge is 2.30. The van der Waals surface area contributed by atoms with Gasteiger partial charge in [-0.05, 0) is 48.7 Å². The molecule has 1 atom stereocenters. The largest absolute Gasteiger partial charge is 0.494 e. The molecule has 1 unspecified atom stereocenters. The van der Waals surface area contributed by atoms with E-state index in [9.17, 15) is 19.5 Å². The average Bonchev–Trinajstić information content (AvgIpc) is 3.04. The van der Waals surface area contributed by atoms with E-state index in [1.54, 1.807) is 36.5 Å². The summed E-state index contributed by atoms with van der Waals surface area (Å²) in [5.74, 6) is -0.989. The van der Waals surface area contributed by atoms with Crippen molar-refractivity contribution in [2.45, 2.75) is 32.4 Å². The number of rotatable bonds is 4. The molecule has 2 aromatic carbocycles. The molecule has 3 N–H and O–H groups in total. The van der Waals surface area contributed by atoms with Gasteiger partial charge >= 0.3 is 0 Å². The van der Waals surface area contributed by atoms with Crippen LogP contribution >= 0.6 is 11.6 Å². The van der Waals surface area contributed by atoms with Crippen molar-refractivity contribution in [2.24, 2.45) is 0 Å². The molecule has 2 heterocycles. The van der Waals surface area contributed by atoms with E-state index in [2.05, 4.69) is 10.6 Å². The van der Waals surface area contributed by atoms with E-state index >= 15 is 0 Å². The number of aromatic nitrogens is 1. The second kappa shape index (κ2) is 7.84. The standard InChI is InChI=1S/C22H20ClN3O4/c1-12-2-4-14(9-17(12)23)20(28)24-10-13-3-5-16-15(8-13)11-26(22(16)30)18-6-7-19(27)25-21(18)29/h2-5,8-9,11,18,30H,6-7,10H2,1H3,(H,24,28)(H,25,27,29). The Morgan fingerprint density at radius 3 is 2.80 bits per heavy atom. The molecule has 0 radical (unpaired) electrons. The predicted molar refractivity (Wildman–Crippen MR) is 112 cm³/mol. The number of amides is 3. The molecule has 0 saturated carbocycles. The molecule has 1 aliphatic rings. The lowest BCUT2D eigenvalue weighted by Gasteiger charge is -2.22. The molecule has 3 aromatic rings. The van der Waals surface area contributed by atoms with Crippen molar-refractivity contribution in [1.29, 1.82) is 0 Å². The highest BCUT2D eigenvalue weighted by Crippen LogP contribution is 2.33. The maximum atomic E-state index is 12.4. The molecule has 3 amide bonds. The van der Waals surface area contributed by atoms with Gasteiger partial charge in [0.25, 0.3) is 5.91 Å². The summed E-state index contributed by atoms with van der Waals surface area (Å²) < 4.78 is 1.49. The van der Waals surface area contributed by atoms with Crippen molar-refractivity contribution < 1.29 is 19.5 Å². The van der Waals surface area contributed by atoms with Crippen LogP contribution in [0.25, 0.3) is 10.8 Å². The van der Waals surface area contributed by atoms with E-state index < -0.39 is 11.9 Å². The zero-order valence-electron chi connectivity index (χ0n) is 16.2. The SMILES string of the molecule is Cc1ccc(C(=O)NCc2ccc3c(O)n(C4CCC(=O)NC4=O)cc3c2)cc1Cl. The molecule has 154 valence electrons. The minimum Gasteiger partial charge on any atom is -0.494 e. The van der Waals surface area contributed by atoms with Gasteiger partial charge in [0.2, 0.25) is 11.8 Å². The average molecular weight is 426 g/mol. The number of benzene rings is 2. The lowest BCUT2D eigenvalue weighted by molar-refractivity contribution is -0.135. The van der Waals surface area contributed by atoms with Crippen molar-refractivity contribution in [3.63, 3.8) is 0 Å². The topological polar surface area (TPSA) is 100 Å². The fourth-order valence-electron chi connectivity index (χ4n) is 3.59. The minimum absolute atomic E-state index is 0.0237. The van der Waals surface area contributed by atoms with E-state index in [1.165, 1.54) is 4.57 Å². The Kier molecular flexibility index (Phi) is 5.22. The fraction of sp³-hybridized carbons (Fsp3) is 0.227. The van der Waals surface area contributed by atoms with Crippen LogP contribution in [0.2, 0.25) is 5.02 Å². The van der Waals surface area contributed by atoms with E-state index in [0.29, 0.717) is 28.9 Å². The van der Waals surface area contributed by atoms with Gasteiger partial charge < -0.3 is 15.0 Å². The Morgan fingerprint density at radius 1 is 1.27 bits per heavy atom. The summed E-state index contributed by atoms with van der Waals surface area (Å²) in [6.07, 6.45) is 2.25. The summed E-state index contributed by atoms with van der Waals surface area (Å²) in [4.78, 5) is 35.9. The first-order chi connectivity index (χ1) is 14.3. The zero-order valence-corrected chi connectivity index (χ0v) is 17.0. The predicted octanol–water partition coefficient (Wildman–Crippen LogP) is 3.22. The van der Waals surface area contributed by atoms with Gasteiger partial charge in [0.1, 0.15) is 6.04 Å². The molecule has 1 aliphatic heterocycles. The molecule has 4 rings (SSSR count). The maximum Gasteiger partial charge on any atom is 0.251 e. The number of carbonyl (C=O) groups excluding carboxylic acids is 3. The van der Waals surface area contributed by atoms with Crippen LogP contribution in [0.5, 0.6) is 5.88 Å². The van der Waals surface area contributed by atoms with Gasteiger partial charge in [0.05, 0.1) is 0 Å². The van der Waals surface area contributed by atoms with Crippen LogP contribution in [0.4, 0.5) is 0 Å². The lowest BCUT2D eigenvalue weighted by atomic mass is 10.1. The Balaban J connectivity index is 1.52. The van der Waals surface area contributed by atoms with Crippen molar-refractivity contribution in [2.75, 3.05) is 0 Å². The highest BCUT2D eigenvalue weighted by atomic mass is 35.5. The van der Waals surface area contributed by atoms with Gasteiger partial charge in [-0.25, -0.2) is 0 Å². The first kappa shape index (κ1) is 20.0. The lowest BCUT2D eigenvalue weighted by Crippen LogP contribution is -2.41. The van der Waals surface area contributed by atoms with Crippen molar-refractivity contribution in [3.8, 4) is 5.88 Å². The summed E-state index contributed by atoms with van der Waals surface area (Å²) in [5.41, 5.74) is 2.22. The second-order valence-electron chi connectivity index (χ2n) is 7.40. The molecule has 8 heteroatoms. The fourth-order valence-corrected chi connectivity index (χ4v) is 3.77. The van der Waals surface area contributed by atoms with Crippen LogP contribution in [0.1, 0.15) is 40.4 Å². The minimum atomic E-state index is -0.635. The number of halogens is 1. The number of fused-ring (bicyclic) bond motifs is 1. The van der Waals surface area contributed by atoms with Crippen molar-refractivity contribution >= 4 is 40.1 Å². The number of nitrogens with zero attached hydrogens (tertiary/aromatic N) is 1. The Morgan fingerprint density at radius 2 is 2.07 bits per heavy atom. The Hall–Kier alpha value is -3.32. The van der Waals surface area contributed by atoms with E-state index in [-0.39, 0.29) is 24.1 Å². The van der Waals surface area contributed by atoms with Crippen LogP contribution < -0.4 is 10.6 Å². The van der Waals surface area contributed by atoms with E-state index in [1.807, 2.05) is 13.0 Å². The van der Waals surface area contributed by atoms with Crippen molar-refractivity contribution in [3.05, 3.63) is 64.3 Å². The van der Waals surface area contributed by atoms with Crippen LogP contribution in [0.15, 0.2) is 42.6 Å². The van der Waals surface area contributed by atoms with Gasteiger partial charge in [0.15, 0.2) is 5.88 Å². The third-order valence-electron chi connectivity index (χ3n) is 5.31. The third-order valence-corrected chi connectivity index (χ3v) is 5.72. The van der Waals surface area contributed by atoms with Gasteiger partial charge in [-0.2, -0.15) is 0 Å². The van der Waals surface area contributed by atoms with Gasteiger partial charge in [-0.1, -0.05) is 23.7 Å². The van der Waals surface area contributed by atoms with Gasteiger partial charge in [-0.15, -0.1) is 0 Å². The molecule has 0 aliphatic carbocycles. The Labute approximate surface area is 177 Å². The van der Waals surface area contributed by atoms with Crippen molar-refractivity contribution in [1.82, 2.24) is 15.2 Å². The summed E-state index contributed by atoms with van der Waals surface area (Å²) in [6, 6.07) is 9.91. The number of hydrogen-bond donors (Lipinski definition) is 3.